The van der Waals surface area contributed by atoms with Gasteiger partial charge in [-0.15, -0.1) is 0 Å². The summed E-state index contributed by atoms with van der Waals surface area (Å²) in [6, 6.07) is 21.8. The van der Waals surface area contributed by atoms with Crippen LogP contribution in [-0.4, -0.2) is 29.5 Å². The Hall–Kier alpha value is -3.72. The molecule has 0 saturated heterocycles. The van der Waals surface area contributed by atoms with Gasteiger partial charge in [0.1, 0.15) is 5.69 Å². The molecule has 0 aliphatic rings. The molecular weight excluding hydrogens is 354 g/mol. The van der Waals surface area contributed by atoms with Crippen LogP contribution in [0.4, 0.5) is 5.69 Å². The van der Waals surface area contributed by atoms with Gasteiger partial charge < -0.3 is 9.64 Å². The van der Waals surface area contributed by atoms with Crippen LogP contribution in [0.15, 0.2) is 66.7 Å². The van der Waals surface area contributed by atoms with Gasteiger partial charge in [-0.3, -0.25) is 4.79 Å². The zero-order valence-corrected chi connectivity index (χ0v) is 15.4. The van der Waals surface area contributed by atoms with Crippen LogP contribution in [-0.2, 0) is 9.53 Å². The van der Waals surface area contributed by atoms with Crippen molar-refractivity contribution in [2.45, 2.75) is 19.4 Å². The number of pyridine rings is 1. The minimum Gasteiger partial charge on any atom is -0.448 e. The van der Waals surface area contributed by atoms with Gasteiger partial charge in [0.25, 0.3) is 5.91 Å². The van der Waals surface area contributed by atoms with E-state index in [2.05, 4.69) is 4.98 Å². The van der Waals surface area contributed by atoms with Gasteiger partial charge in [-0.2, -0.15) is 5.26 Å². The third-order valence-electron chi connectivity index (χ3n) is 4.22. The SMILES string of the molecule is C[C@H](OC(=O)c1ccc2ccccc2n1)C(=O)N(CCC#N)c1ccccc1. The maximum atomic E-state index is 12.8. The van der Waals surface area contributed by atoms with E-state index in [4.69, 9.17) is 10.00 Å². The molecule has 0 bridgehead atoms. The third-order valence-corrected chi connectivity index (χ3v) is 4.22. The Morgan fingerprint density at radius 3 is 2.54 bits per heavy atom. The summed E-state index contributed by atoms with van der Waals surface area (Å²) < 4.78 is 5.35. The lowest BCUT2D eigenvalue weighted by atomic mass is 10.2. The van der Waals surface area contributed by atoms with Gasteiger partial charge in [-0.1, -0.05) is 42.5 Å². The number of fused-ring (bicyclic) bond motifs is 1. The predicted octanol–water partition coefficient (Wildman–Crippen LogP) is 3.73. The van der Waals surface area contributed by atoms with E-state index in [1.165, 1.54) is 11.8 Å². The summed E-state index contributed by atoms with van der Waals surface area (Å²) in [5.41, 5.74) is 1.46. The number of carbonyl (C=O) groups excluding carboxylic acids is 2. The van der Waals surface area contributed by atoms with Crippen LogP contribution < -0.4 is 4.90 Å². The van der Waals surface area contributed by atoms with Gasteiger partial charge >= 0.3 is 5.97 Å². The van der Waals surface area contributed by atoms with E-state index in [1.807, 2.05) is 30.3 Å². The fourth-order valence-electron chi connectivity index (χ4n) is 2.81. The first-order chi connectivity index (χ1) is 13.6. The topological polar surface area (TPSA) is 83.3 Å². The van der Waals surface area contributed by atoms with Crippen LogP contribution in [0.1, 0.15) is 23.8 Å². The molecule has 6 nitrogen and oxygen atoms in total. The number of ether oxygens (including phenoxy) is 1. The Morgan fingerprint density at radius 1 is 1.07 bits per heavy atom. The number of anilines is 1. The monoisotopic (exact) mass is 373 g/mol. The van der Waals surface area contributed by atoms with Gasteiger partial charge in [0, 0.05) is 17.6 Å². The standard InChI is InChI=1S/C22H19N3O3/c1-16(21(26)25(15-7-14-23)18-9-3-2-4-10-18)28-22(27)20-13-12-17-8-5-6-11-19(17)24-20/h2-6,8-13,16H,7,15H2,1H3/t16-/m0/s1. The maximum Gasteiger partial charge on any atom is 0.357 e. The number of benzene rings is 2. The molecule has 0 spiro atoms. The number of carbonyl (C=O) groups is 2. The summed E-state index contributed by atoms with van der Waals surface area (Å²) in [7, 11) is 0. The molecule has 1 amide bonds. The molecule has 3 aromatic rings. The van der Waals surface area contributed by atoms with Crippen molar-refractivity contribution in [1.29, 1.82) is 5.26 Å². The van der Waals surface area contributed by atoms with Crippen molar-refractivity contribution < 1.29 is 14.3 Å². The number of aromatic nitrogens is 1. The summed E-state index contributed by atoms with van der Waals surface area (Å²) in [5, 5.41) is 9.79. The second-order valence-electron chi connectivity index (χ2n) is 6.17. The Morgan fingerprint density at radius 2 is 1.79 bits per heavy atom. The molecular formula is C22H19N3O3. The van der Waals surface area contributed by atoms with Crippen molar-refractivity contribution in [2.24, 2.45) is 0 Å². The molecule has 140 valence electrons. The van der Waals surface area contributed by atoms with Crippen molar-refractivity contribution in [3.63, 3.8) is 0 Å². The second kappa shape index (κ2) is 8.78. The minimum absolute atomic E-state index is 0.140. The first-order valence-corrected chi connectivity index (χ1v) is 8.90. The van der Waals surface area contributed by atoms with Crippen LogP contribution in [0, 0.1) is 11.3 Å². The van der Waals surface area contributed by atoms with Crippen molar-refractivity contribution in [3.8, 4) is 6.07 Å². The molecule has 0 radical (unpaired) electrons. The number of nitrogens with zero attached hydrogens (tertiary/aromatic N) is 3. The largest absolute Gasteiger partial charge is 0.448 e. The molecule has 0 N–H and O–H groups in total. The Kier molecular flexibility index (Phi) is 5.97. The molecule has 28 heavy (non-hydrogen) atoms. The van der Waals surface area contributed by atoms with Crippen molar-refractivity contribution >= 4 is 28.5 Å². The zero-order valence-electron chi connectivity index (χ0n) is 15.4. The lowest BCUT2D eigenvalue weighted by molar-refractivity contribution is -0.126. The Bertz CT molecular complexity index is 1030. The molecule has 2 aromatic carbocycles. The van der Waals surface area contributed by atoms with Gasteiger partial charge in [0.15, 0.2) is 6.10 Å². The van der Waals surface area contributed by atoms with E-state index in [9.17, 15) is 9.59 Å². The smallest absolute Gasteiger partial charge is 0.357 e. The highest BCUT2D eigenvalue weighted by molar-refractivity contribution is 5.99. The average Bonchev–Trinajstić information content (AvgIpc) is 2.74. The van der Waals surface area contributed by atoms with Crippen molar-refractivity contribution in [1.82, 2.24) is 4.98 Å². The summed E-state index contributed by atoms with van der Waals surface area (Å²) in [5.74, 6) is -1.06. The van der Waals surface area contributed by atoms with Crippen LogP contribution >= 0.6 is 0 Å². The van der Waals surface area contributed by atoms with E-state index < -0.39 is 18.0 Å². The van der Waals surface area contributed by atoms with E-state index >= 15 is 0 Å². The molecule has 1 atom stereocenters. The lowest BCUT2D eigenvalue weighted by Crippen LogP contribution is -2.40. The molecule has 0 saturated carbocycles. The van der Waals surface area contributed by atoms with Gasteiger partial charge in [-0.25, -0.2) is 9.78 Å². The van der Waals surface area contributed by atoms with E-state index in [0.717, 1.165) is 5.39 Å². The normalized spacial score (nSPS) is 11.4. The third kappa shape index (κ3) is 4.33. The highest BCUT2D eigenvalue weighted by Crippen LogP contribution is 2.17. The van der Waals surface area contributed by atoms with Gasteiger partial charge in [0.2, 0.25) is 0 Å². The van der Waals surface area contributed by atoms with Crippen molar-refractivity contribution in [2.75, 3.05) is 11.4 Å². The quantitative estimate of drug-likeness (QED) is 0.615. The van der Waals surface area contributed by atoms with E-state index in [0.29, 0.717) is 11.2 Å². The predicted molar refractivity (Wildman–Crippen MR) is 106 cm³/mol. The van der Waals surface area contributed by atoms with Crippen LogP contribution in [0.3, 0.4) is 0 Å². The molecule has 0 aliphatic carbocycles. The highest BCUT2D eigenvalue weighted by atomic mass is 16.5. The summed E-state index contributed by atoms with van der Waals surface area (Å²) in [6.07, 6.45) is -0.840. The highest BCUT2D eigenvalue weighted by Gasteiger charge is 2.25. The number of rotatable bonds is 6. The van der Waals surface area contributed by atoms with Crippen LogP contribution in [0.5, 0.6) is 0 Å². The number of amides is 1. The number of hydrogen-bond donors (Lipinski definition) is 0. The number of para-hydroxylation sites is 2. The number of esters is 1. The number of nitriles is 1. The fraction of sp³-hybridized carbons (Fsp3) is 0.182. The molecule has 0 unspecified atom stereocenters. The van der Waals surface area contributed by atoms with E-state index in [-0.39, 0.29) is 18.7 Å². The zero-order chi connectivity index (χ0) is 19.9. The molecule has 3 rings (SSSR count). The molecule has 6 heteroatoms. The van der Waals surface area contributed by atoms with Gasteiger partial charge in [-0.05, 0) is 31.2 Å². The molecule has 0 aliphatic heterocycles. The lowest BCUT2D eigenvalue weighted by Gasteiger charge is -2.25. The molecule has 0 fully saturated rings. The first-order valence-electron chi connectivity index (χ1n) is 8.90. The minimum atomic E-state index is -1.01. The van der Waals surface area contributed by atoms with E-state index in [1.54, 1.807) is 42.5 Å². The average molecular weight is 373 g/mol. The Labute approximate surface area is 163 Å². The van der Waals surface area contributed by atoms with Gasteiger partial charge in [0.05, 0.1) is 18.0 Å². The number of hydrogen-bond acceptors (Lipinski definition) is 5. The summed E-state index contributed by atoms with van der Waals surface area (Å²) in [6.45, 7) is 1.74. The van der Waals surface area contributed by atoms with Crippen LogP contribution in [0.25, 0.3) is 10.9 Å². The first kappa shape index (κ1) is 19.1. The van der Waals surface area contributed by atoms with Crippen LogP contribution in [0.2, 0.25) is 0 Å². The maximum absolute atomic E-state index is 12.8. The van der Waals surface area contributed by atoms with Crippen molar-refractivity contribution in [3.05, 3.63) is 72.4 Å². The Balaban J connectivity index is 1.75. The molecule has 1 aromatic heterocycles. The summed E-state index contributed by atoms with van der Waals surface area (Å²) in [4.78, 5) is 31.1. The second-order valence-corrected chi connectivity index (χ2v) is 6.17. The molecule has 1 heterocycles. The fourth-order valence-corrected chi connectivity index (χ4v) is 2.81. The summed E-state index contributed by atoms with van der Waals surface area (Å²) >= 11 is 0.